The lowest BCUT2D eigenvalue weighted by Crippen LogP contribution is -3.12. The number of hydrogen-bond donors (Lipinski definition) is 1. The molecule has 3 rings (SSSR count). The van der Waals surface area contributed by atoms with Crippen molar-refractivity contribution in [1.29, 1.82) is 0 Å². The van der Waals surface area contributed by atoms with Crippen LogP contribution >= 0.6 is 11.8 Å². The van der Waals surface area contributed by atoms with Crippen molar-refractivity contribution in [2.45, 2.75) is 0 Å². The van der Waals surface area contributed by atoms with Crippen LogP contribution in [0.1, 0.15) is 5.56 Å². The van der Waals surface area contributed by atoms with Gasteiger partial charge in [-0.25, -0.2) is 0 Å². The lowest BCUT2D eigenvalue weighted by Gasteiger charge is -2.30. The van der Waals surface area contributed by atoms with Crippen LogP contribution in [0.25, 0.3) is 6.08 Å². The molecule has 1 fully saturated rings. The Morgan fingerprint density at radius 3 is 2.86 bits per heavy atom. The van der Waals surface area contributed by atoms with E-state index in [-0.39, 0.29) is 5.91 Å². The molecule has 2 aliphatic heterocycles. The first-order chi connectivity index (χ1) is 10.7. The van der Waals surface area contributed by atoms with Crippen molar-refractivity contribution in [2.24, 2.45) is 4.99 Å². The van der Waals surface area contributed by atoms with Crippen molar-refractivity contribution in [3.8, 4) is 5.75 Å². The number of methoxy groups -OCH3 is 1. The van der Waals surface area contributed by atoms with E-state index >= 15 is 0 Å². The number of carbonyl (C=O) groups is 1. The highest BCUT2D eigenvalue weighted by molar-refractivity contribution is 8.18. The third-order valence-electron chi connectivity index (χ3n) is 3.89. The monoisotopic (exact) mass is 318 g/mol. The van der Waals surface area contributed by atoms with Crippen molar-refractivity contribution in [2.75, 3.05) is 40.3 Å². The highest BCUT2D eigenvalue weighted by Gasteiger charge is 2.28. The van der Waals surface area contributed by atoms with Gasteiger partial charge in [-0.2, -0.15) is 4.99 Å². The molecule has 0 radical (unpaired) electrons. The first kappa shape index (κ1) is 15.1. The van der Waals surface area contributed by atoms with E-state index in [2.05, 4.69) is 16.9 Å². The Morgan fingerprint density at radius 1 is 1.36 bits per heavy atom. The molecule has 22 heavy (non-hydrogen) atoms. The summed E-state index contributed by atoms with van der Waals surface area (Å²) in [7, 11) is 3.83. The fraction of sp³-hybridized carbons (Fsp3) is 0.375. The van der Waals surface area contributed by atoms with E-state index in [0.29, 0.717) is 4.91 Å². The second kappa shape index (κ2) is 6.54. The molecule has 1 saturated heterocycles. The molecule has 0 aliphatic carbocycles. The maximum absolute atomic E-state index is 12.1. The van der Waals surface area contributed by atoms with Crippen molar-refractivity contribution in [3.05, 3.63) is 34.7 Å². The van der Waals surface area contributed by atoms with Gasteiger partial charge < -0.3 is 14.5 Å². The van der Waals surface area contributed by atoms with E-state index in [0.717, 1.165) is 42.7 Å². The molecular weight excluding hydrogens is 298 g/mol. The number of quaternary nitrogens is 1. The number of hydrogen-bond acceptors (Lipinski definition) is 4. The fourth-order valence-corrected chi connectivity index (χ4v) is 3.46. The minimum Gasteiger partial charge on any atom is -0.497 e. The minimum absolute atomic E-state index is 0.144. The van der Waals surface area contributed by atoms with Crippen molar-refractivity contribution in [1.82, 2.24) is 4.90 Å². The van der Waals surface area contributed by atoms with Crippen molar-refractivity contribution >= 4 is 28.9 Å². The number of benzene rings is 1. The highest BCUT2D eigenvalue weighted by atomic mass is 32.2. The van der Waals surface area contributed by atoms with E-state index in [1.54, 1.807) is 7.11 Å². The summed E-state index contributed by atoms with van der Waals surface area (Å²) < 4.78 is 5.21. The molecule has 1 aromatic rings. The van der Waals surface area contributed by atoms with Crippen LogP contribution < -0.4 is 9.64 Å². The summed E-state index contributed by atoms with van der Waals surface area (Å²) in [5, 5.41) is 0.839. The molecule has 2 aliphatic rings. The number of rotatable bonds is 2. The Morgan fingerprint density at radius 2 is 2.14 bits per heavy atom. The van der Waals surface area contributed by atoms with E-state index < -0.39 is 0 Å². The normalized spacial score (nSPS) is 21.4. The van der Waals surface area contributed by atoms with E-state index in [1.165, 1.54) is 16.7 Å². The van der Waals surface area contributed by atoms with Crippen LogP contribution in [0.4, 0.5) is 0 Å². The number of nitrogens with one attached hydrogen (secondary N) is 1. The number of piperazine rings is 1. The third-order valence-corrected chi connectivity index (χ3v) is 4.93. The van der Waals surface area contributed by atoms with Gasteiger partial charge in [-0.3, -0.25) is 4.79 Å². The molecule has 6 heteroatoms. The lowest BCUT2D eigenvalue weighted by atomic mass is 10.2. The quantitative estimate of drug-likeness (QED) is 0.807. The second-order valence-corrected chi connectivity index (χ2v) is 6.54. The van der Waals surface area contributed by atoms with Gasteiger partial charge in [0.25, 0.3) is 5.91 Å². The molecule has 2 heterocycles. The molecule has 0 unspecified atom stereocenters. The smallest absolute Gasteiger partial charge is 0.286 e. The summed E-state index contributed by atoms with van der Waals surface area (Å²) in [6.07, 6.45) is 1.88. The summed E-state index contributed by atoms with van der Waals surface area (Å²) >= 11 is 1.47. The Labute approximate surface area is 134 Å². The van der Waals surface area contributed by atoms with Crippen LogP contribution in [0.3, 0.4) is 0 Å². The molecule has 0 spiro atoms. The Balaban J connectivity index is 1.72. The van der Waals surface area contributed by atoms with Crippen LogP contribution in [-0.2, 0) is 4.79 Å². The predicted octanol–water partition coefficient (Wildman–Crippen LogP) is 0.496. The van der Waals surface area contributed by atoms with Gasteiger partial charge in [0.05, 0.1) is 45.2 Å². The molecule has 1 N–H and O–H groups in total. The molecule has 0 saturated carbocycles. The number of carbonyl (C=O) groups excluding carboxylic acids is 1. The number of amidine groups is 1. The molecular formula is C16H20N3O2S+. The molecule has 5 nitrogen and oxygen atoms in total. The van der Waals surface area contributed by atoms with Crippen LogP contribution in [0, 0.1) is 0 Å². The van der Waals surface area contributed by atoms with Crippen LogP contribution in [0.5, 0.6) is 5.75 Å². The van der Waals surface area contributed by atoms with Crippen LogP contribution in [0.15, 0.2) is 34.2 Å². The van der Waals surface area contributed by atoms with Crippen molar-refractivity contribution < 1.29 is 14.4 Å². The molecule has 0 bridgehead atoms. The summed E-state index contributed by atoms with van der Waals surface area (Å²) in [5.41, 5.74) is 0.953. The zero-order chi connectivity index (χ0) is 15.5. The number of aliphatic imine (C=N–C) groups is 1. The number of thioether (sulfide) groups is 1. The highest BCUT2D eigenvalue weighted by Crippen LogP contribution is 2.30. The summed E-state index contributed by atoms with van der Waals surface area (Å²) in [5.74, 6) is 0.641. The first-order valence-electron chi connectivity index (χ1n) is 7.38. The zero-order valence-electron chi connectivity index (χ0n) is 12.8. The average molecular weight is 318 g/mol. The summed E-state index contributed by atoms with van der Waals surface area (Å²) in [6, 6.07) is 7.68. The Kier molecular flexibility index (Phi) is 4.49. The van der Waals surface area contributed by atoms with Gasteiger partial charge in [0.2, 0.25) is 0 Å². The van der Waals surface area contributed by atoms with Crippen molar-refractivity contribution in [3.63, 3.8) is 0 Å². The van der Waals surface area contributed by atoms with Crippen LogP contribution in [-0.4, -0.2) is 56.3 Å². The molecule has 0 aromatic heterocycles. The standard InChI is InChI=1S/C16H19N3O2S/c1-18-6-8-19(9-7-18)16-17-15(20)14(22-16)11-12-4-3-5-13(10-12)21-2/h3-5,10-11H,6-9H2,1-2H3/p+1/b14-11-. The molecule has 1 aromatic carbocycles. The maximum Gasteiger partial charge on any atom is 0.286 e. The number of likely N-dealkylation sites (N-methyl/N-ethyl adjacent to an activating group) is 1. The number of nitrogens with zero attached hydrogens (tertiary/aromatic N) is 2. The molecule has 116 valence electrons. The van der Waals surface area contributed by atoms with Gasteiger partial charge in [0, 0.05) is 0 Å². The van der Waals surface area contributed by atoms with Gasteiger partial charge in [-0.1, -0.05) is 12.1 Å². The number of ether oxygens (including phenoxy) is 1. The largest absolute Gasteiger partial charge is 0.497 e. The SMILES string of the molecule is COc1cccc(/C=C2\SC(N3CC[NH+](C)CC3)=NC2=O)c1. The topological polar surface area (TPSA) is 46.3 Å². The van der Waals surface area contributed by atoms with E-state index in [1.807, 2.05) is 30.3 Å². The summed E-state index contributed by atoms with van der Waals surface area (Å²) in [6.45, 7) is 4.08. The lowest BCUT2D eigenvalue weighted by molar-refractivity contribution is -0.883. The van der Waals surface area contributed by atoms with Gasteiger partial charge in [0.15, 0.2) is 5.17 Å². The molecule has 1 amide bonds. The molecule has 0 atom stereocenters. The minimum atomic E-state index is -0.144. The third kappa shape index (κ3) is 3.34. The van der Waals surface area contributed by atoms with Gasteiger partial charge in [0.1, 0.15) is 5.75 Å². The Bertz CT molecular complexity index is 634. The second-order valence-electron chi connectivity index (χ2n) is 5.53. The van der Waals surface area contributed by atoms with Gasteiger partial charge in [-0.15, -0.1) is 0 Å². The first-order valence-corrected chi connectivity index (χ1v) is 8.20. The fourth-order valence-electron chi connectivity index (χ4n) is 2.50. The zero-order valence-corrected chi connectivity index (χ0v) is 13.7. The maximum atomic E-state index is 12.1. The Hall–Kier alpha value is -1.79. The van der Waals surface area contributed by atoms with Gasteiger partial charge in [-0.05, 0) is 35.5 Å². The number of amides is 1. The van der Waals surface area contributed by atoms with E-state index in [4.69, 9.17) is 4.74 Å². The average Bonchev–Trinajstić information content (AvgIpc) is 2.89. The van der Waals surface area contributed by atoms with E-state index in [9.17, 15) is 4.79 Å². The van der Waals surface area contributed by atoms with Gasteiger partial charge >= 0.3 is 0 Å². The van der Waals surface area contributed by atoms with Crippen LogP contribution in [0.2, 0.25) is 0 Å². The predicted molar refractivity (Wildman–Crippen MR) is 89.2 cm³/mol. The summed E-state index contributed by atoms with van der Waals surface area (Å²) in [4.78, 5) is 20.7.